The van der Waals surface area contributed by atoms with Gasteiger partial charge in [0.1, 0.15) is 11.6 Å². The second-order valence-electron chi connectivity index (χ2n) is 6.76. The molecule has 0 unspecified atom stereocenters. The van der Waals surface area contributed by atoms with Crippen molar-refractivity contribution < 1.29 is 14.6 Å². The molecule has 0 atom stereocenters. The molecule has 1 fully saturated rings. The van der Waals surface area contributed by atoms with Crippen molar-refractivity contribution in [1.29, 1.82) is 0 Å². The number of rotatable bonds is 6. The van der Waals surface area contributed by atoms with Crippen LogP contribution in [0.3, 0.4) is 0 Å². The number of nitrogens with zero attached hydrogens (tertiary/aromatic N) is 3. The largest absolute Gasteiger partial charge is 0.478 e. The van der Waals surface area contributed by atoms with E-state index < -0.39 is 11.6 Å². The summed E-state index contributed by atoms with van der Waals surface area (Å²) in [6, 6.07) is 9.47. The molecule has 0 saturated carbocycles. The first kappa shape index (κ1) is 18.3. The number of carboxylic acids is 1. The van der Waals surface area contributed by atoms with E-state index >= 15 is 0 Å². The number of aliphatic carboxylic acids is 1. The number of hydrogen-bond donors (Lipinski definition) is 1. The summed E-state index contributed by atoms with van der Waals surface area (Å²) in [4.78, 5) is 23.0. The predicted octanol–water partition coefficient (Wildman–Crippen LogP) is 2.85. The van der Waals surface area contributed by atoms with Crippen molar-refractivity contribution in [3.8, 4) is 5.75 Å². The first-order valence-electron chi connectivity index (χ1n) is 9.03. The molecular weight excluding hydrogens is 330 g/mol. The van der Waals surface area contributed by atoms with E-state index in [4.69, 9.17) is 4.74 Å². The van der Waals surface area contributed by atoms with E-state index in [0.717, 1.165) is 23.5 Å². The zero-order valence-electron chi connectivity index (χ0n) is 15.3. The van der Waals surface area contributed by atoms with E-state index in [1.807, 2.05) is 44.2 Å². The highest BCUT2D eigenvalue weighted by molar-refractivity contribution is 5.78. The summed E-state index contributed by atoms with van der Waals surface area (Å²) in [5.41, 5.74) is 0.756. The minimum Gasteiger partial charge on any atom is -0.478 e. The van der Waals surface area contributed by atoms with Crippen LogP contribution in [-0.4, -0.2) is 44.6 Å². The fourth-order valence-corrected chi connectivity index (χ4v) is 3.24. The summed E-state index contributed by atoms with van der Waals surface area (Å²) < 4.78 is 6.02. The van der Waals surface area contributed by atoms with Gasteiger partial charge in [-0.1, -0.05) is 25.1 Å². The Hall–Kier alpha value is -2.47. The number of ether oxygens (including phenoxy) is 1. The Kier molecular flexibility index (Phi) is 5.52. The minimum atomic E-state index is -1.16. The van der Waals surface area contributed by atoms with Crippen molar-refractivity contribution in [3.63, 3.8) is 0 Å². The highest BCUT2D eigenvalue weighted by Gasteiger charge is 2.44. The molecule has 6 heteroatoms. The lowest BCUT2D eigenvalue weighted by atomic mass is 9.90. The highest BCUT2D eigenvalue weighted by Crippen LogP contribution is 2.31. The summed E-state index contributed by atoms with van der Waals surface area (Å²) in [5, 5.41) is 9.82. The van der Waals surface area contributed by atoms with Crippen LogP contribution in [0, 0.1) is 6.92 Å². The van der Waals surface area contributed by atoms with Crippen LogP contribution in [0.1, 0.15) is 36.8 Å². The zero-order chi connectivity index (χ0) is 18.6. The average molecular weight is 355 g/mol. The topological polar surface area (TPSA) is 75.6 Å². The van der Waals surface area contributed by atoms with Gasteiger partial charge in [0.2, 0.25) is 5.60 Å². The Morgan fingerprint density at radius 3 is 2.65 bits per heavy atom. The monoisotopic (exact) mass is 355 g/mol. The summed E-state index contributed by atoms with van der Waals surface area (Å²) in [6.07, 6.45) is 3.49. The molecule has 2 heterocycles. The summed E-state index contributed by atoms with van der Waals surface area (Å²) in [7, 11) is 0. The van der Waals surface area contributed by atoms with Gasteiger partial charge < -0.3 is 9.84 Å². The van der Waals surface area contributed by atoms with Crippen LogP contribution >= 0.6 is 0 Å². The summed E-state index contributed by atoms with van der Waals surface area (Å²) >= 11 is 0. The lowest BCUT2D eigenvalue weighted by molar-refractivity contribution is -0.160. The maximum atomic E-state index is 12.0. The smallest absolute Gasteiger partial charge is 0.348 e. The molecule has 3 rings (SSSR count). The first-order valence-corrected chi connectivity index (χ1v) is 9.03. The fraction of sp³-hybridized carbons (Fsp3) is 0.450. The van der Waals surface area contributed by atoms with Crippen molar-refractivity contribution in [2.75, 3.05) is 13.1 Å². The van der Waals surface area contributed by atoms with Crippen molar-refractivity contribution in [1.82, 2.24) is 14.9 Å². The van der Waals surface area contributed by atoms with Gasteiger partial charge in [0.25, 0.3) is 0 Å². The summed E-state index contributed by atoms with van der Waals surface area (Å²) in [6.45, 7) is 5.98. The van der Waals surface area contributed by atoms with Crippen LogP contribution in [0.4, 0.5) is 0 Å². The third-order valence-corrected chi connectivity index (χ3v) is 4.92. The Bertz CT molecular complexity index is 770. The van der Waals surface area contributed by atoms with Crippen LogP contribution in [0.25, 0.3) is 0 Å². The minimum absolute atomic E-state index is 0.447. The van der Waals surface area contributed by atoms with Gasteiger partial charge in [-0.3, -0.25) is 4.90 Å². The van der Waals surface area contributed by atoms with Crippen LogP contribution in [-0.2, 0) is 17.8 Å². The van der Waals surface area contributed by atoms with Gasteiger partial charge in [-0.25, -0.2) is 14.8 Å². The average Bonchev–Trinajstić information content (AvgIpc) is 2.65. The van der Waals surface area contributed by atoms with Crippen molar-refractivity contribution in [2.24, 2.45) is 0 Å². The Labute approximate surface area is 153 Å². The number of aryl methyl sites for hydroxylation is 2. The Morgan fingerprint density at radius 2 is 2.00 bits per heavy atom. The molecule has 1 aliphatic rings. The fourth-order valence-electron chi connectivity index (χ4n) is 3.24. The molecule has 0 amide bonds. The first-order chi connectivity index (χ1) is 12.5. The van der Waals surface area contributed by atoms with Crippen molar-refractivity contribution in [2.45, 2.75) is 45.3 Å². The molecule has 0 aliphatic carbocycles. The quantitative estimate of drug-likeness (QED) is 0.859. The predicted molar refractivity (Wildman–Crippen MR) is 98.1 cm³/mol. The van der Waals surface area contributed by atoms with Gasteiger partial charge in [-0.15, -0.1) is 0 Å². The number of benzene rings is 1. The van der Waals surface area contributed by atoms with Crippen molar-refractivity contribution in [3.05, 3.63) is 53.6 Å². The Balaban J connectivity index is 1.67. The molecule has 1 saturated heterocycles. The van der Waals surface area contributed by atoms with Crippen molar-refractivity contribution >= 4 is 5.97 Å². The molecule has 1 aromatic carbocycles. The molecule has 0 radical (unpaired) electrons. The number of piperidine rings is 1. The molecule has 1 aliphatic heterocycles. The van der Waals surface area contributed by atoms with E-state index in [0.29, 0.717) is 38.2 Å². The van der Waals surface area contributed by atoms with E-state index in [1.54, 1.807) is 6.20 Å². The van der Waals surface area contributed by atoms with Crippen LogP contribution < -0.4 is 4.74 Å². The normalized spacial score (nSPS) is 17.0. The maximum absolute atomic E-state index is 12.0. The number of likely N-dealkylation sites (tertiary alicyclic amines) is 1. The SMILES string of the molecule is CCc1nccc(CN2CCC(Oc3ccccc3C)(C(=O)O)CC2)n1. The maximum Gasteiger partial charge on any atom is 0.348 e. The van der Waals surface area contributed by atoms with E-state index in [9.17, 15) is 9.90 Å². The number of hydrogen-bond acceptors (Lipinski definition) is 5. The van der Waals surface area contributed by atoms with Gasteiger partial charge >= 0.3 is 5.97 Å². The number of carboxylic acid groups (broad SMARTS) is 1. The van der Waals surface area contributed by atoms with Gasteiger partial charge in [0.15, 0.2) is 0 Å². The number of carbonyl (C=O) groups is 1. The number of aromatic nitrogens is 2. The molecule has 1 N–H and O–H groups in total. The van der Waals surface area contributed by atoms with Gasteiger partial charge in [-0.05, 0) is 24.6 Å². The second-order valence-corrected chi connectivity index (χ2v) is 6.76. The van der Waals surface area contributed by atoms with Crippen LogP contribution in [0.15, 0.2) is 36.5 Å². The van der Waals surface area contributed by atoms with E-state index in [2.05, 4.69) is 14.9 Å². The zero-order valence-corrected chi connectivity index (χ0v) is 15.3. The third kappa shape index (κ3) is 4.02. The van der Waals surface area contributed by atoms with E-state index in [1.165, 1.54) is 0 Å². The standard InChI is InChI=1S/C20H25N3O3/c1-3-18-21-11-8-16(22-18)14-23-12-9-20(10-13-23,19(24)25)26-17-7-5-4-6-15(17)2/h4-8,11H,3,9-10,12-14H2,1-2H3,(H,24,25). The molecular formula is C20H25N3O3. The van der Waals surface area contributed by atoms with Crippen LogP contribution in [0.2, 0.25) is 0 Å². The number of para-hydroxylation sites is 1. The Morgan fingerprint density at radius 1 is 1.27 bits per heavy atom. The molecule has 26 heavy (non-hydrogen) atoms. The molecule has 0 spiro atoms. The van der Waals surface area contributed by atoms with Gasteiger partial charge in [0, 0.05) is 45.1 Å². The molecule has 6 nitrogen and oxygen atoms in total. The molecule has 138 valence electrons. The molecule has 0 bridgehead atoms. The third-order valence-electron chi connectivity index (χ3n) is 4.92. The molecule has 1 aromatic heterocycles. The van der Waals surface area contributed by atoms with E-state index in [-0.39, 0.29) is 0 Å². The summed E-state index contributed by atoms with van der Waals surface area (Å²) in [5.74, 6) is 0.588. The van der Waals surface area contributed by atoms with Crippen LogP contribution in [0.5, 0.6) is 5.75 Å². The lowest BCUT2D eigenvalue weighted by Gasteiger charge is -2.39. The van der Waals surface area contributed by atoms with Gasteiger partial charge in [-0.2, -0.15) is 0 Å². The highest BCUT2D eigenvalue weighted by atomic mass is 16.5. The second kappa shape index (κ2) is 7.83. The van der Waals surface area contributed by atoms with Gasteiger partial charge in [0.05, 0.1) is 5.69 Å². The molecule has 2 aromatic rings. The lowest BCUT2D eigenvalue weighted by Crippen LogP contribution is -2.53.